The monoisotopic (exact) mass is 350 g/mol. The molecule has 134 valence electrons. The Balaban J connectivity index is 1.34. The molecule has 3 heterocycles. The summed E-state index contributed by atoms with van der Waals surface area (Å²) in [6.45, 7) is 2.10. The topological polar surface area (TPSA) is 67.7 Å². The molecule has 2 aromatic heterocycles. The third-order valence-corrected chi connectivity index (χ3v) is 4.55. The van der Waals surface area contributed by atoms with Crippen molar-refractivity contribution in [2.75, 3.05) is 11.9 Å². The summed E-state index contributed by atoms with van der Waals surface area (Å²) in [4.78, 5) is 16.6. The van der Waals surface area contributed by atoms with E-state index >= 15 is 0 Å². The Hall–Kier alpha value is -2.70. The number of benzene rings is 1. The Kier molecular flexibility index (Phi) is 4.95. The molecular formula is C20H22N4O2. The van der Waals surface area contributed by atoms with Crippen molar-refractivity contribution in [2.24, 2.45) is 0 Å². The number of imidazole rings is 1. The molecule has 3 aromatic rings. The van der Waals surface area contributed by atoms with Crippen LogP contribution in [-0.4, -0.2) is 28.0 Å². The Bertz CT molecular complexity index is 899. The number of aromatic nitrogens is 2. The maximum absolute atomic E-state index is 12.2. The lowest BCUT2D eigenvalue weighted by molar-refractivity contribution is -0.124. The summed E-state index contributed by atoms with van der Waals surface area (Å²) in [7, 11) is 0. The highest BCUT2D eigenvalue weighted by Crippen LogP contribution is 2.16. The molecule has 1 aliphatic rings. The lowest BCUT2D eigenvalue weighted by atomic mass is 10.2. The van der Waals surface area contributed by atoms with Crippen molar-refractivity contribution in [2.45, 2.75) is 32.0 Å². The van der Waals surface area contributed by atoms with Gasteiger partial charge in [-0.05, 0) is 42.7 Å². The van der Waals surface area contributed by atoms with Crippen LogP contribution in [0.4, 0.5) is 5.69 Å². The van der Waals surface area contributed by atoms with E-state index in [1.807, 2.05) is 54.9 Å². The molecule has 0 radical (unpaired) electrons. The van der Waals surface area contributed by atoms with Gasteiger partial charge < -0.3 is 19.8 Å². The Morgan fingerprint density at radius 2 is 2.19 bits per heavy atom. The minimum Gasteiger partial charge on any atom is -0.368 e. The van der Waals surface area contributed by atoms with E-state index in [9.17, 15) is 4.79 Å². The largest absolute Gasteiger partial charge is 0.368 e. The summed E-state index contributed by atoms with van der Waals surface area (Å²) in [6, 6.07) is 13.9. The average Bonchev–Trinajstić information content (AvgIpc) is 3.32. The number of carbonyl (C=O) groups excluding carboxylic acids is 1. The third-order valence-electron chi connectivity index (χ3n) is 4.55. The van der Waals surface area contributed by atoms with Crippen LogP contribution in [0.15, 0.2) is 54.9 Å². The second kappa shape index (κ2) is 7.68. The highest BCUT2D eigenvalue weighted by Gasteiger charge is 2.23. The lowest BCUT2D eigenvalue weighted by Crippen LogP contribution is -2.26. The first-order chi connectivity index (χ1) is 12.8. The van der Waals surface area contributed by atoms with Gasteiger partial charge >= 0.3 is 0 Å². The molecule has 0 unspecified atom stereocenters. The summed E-state index contributed by atoms with van der Waals surface area (Å²) < 4.78 is 7.50. The first-order valence-corrected chi connectivity index (χ1v) is 8.93. The van der Waals surface area contributed by atoms with Gasteiger partial charge in [-0.2, -0.15) is 0 Å². The summed E-state index contributed by atoms with van der Waals surface area (Å²) in [5.41, 5.74) is 3.98. The second-order valence-electron chi connectivity index (χ2n) is 6.47. The number of nitrogens with zero attached hydrogens (tertiary/aromatic N) is 2. The molecule has 1 saturated heterocycles. The Morgan fingerprint density at radius 3 is 3.08 bits per heavy atom. The van der Waals surface area contributed by atoms with Crippen LogP contribution in [0, 0.1) is 0 Å². The number of pyridine rings is 1. The summed E-state index contributed by atoms with van der Waals surface area (Å²) >= 11 is 0. The van der Waals surface area contributed by atoms with Crippen molar-refractivity contribution in [3.8, 4) is 0 Å². The van der Waals surface area contributed by atoms with E-state index in [4.69, 9.17) is 4.74 Å². The van der Waals surface area contributed by atoms with Gasteiger partial charge in [-0.15, -0.1) is 0 Å². The van der Waals surface area contributed by atoms with Gasteiger partial charge in [-0.1, -0.05) is 18.2 Å². The van der Waals surface area contributed by atoms with E-state index in [0.29, 0.717) is 13.2 Å². The van der Waals surface area contributed by atoms with Crippen LogP contribution in [0.1, 0.15) is 24.1 Å². The molecule has 0 aliphatic carbocycles. The predicted molar refractivity (Wildman–Crippen MR) is 99.8 cm³/mol. The van der Waals surface area contributed by atoms with Crippen molar-refractivity contribution in [3.05, 3.63) is 66.1 Å². The van der Waals surface area contributed by atoms with Gasteiger partial charge in [0.2, 0.25) is 0 Å². The number of nitrogens with one attached hydrogen (secondary N) is 2. The van der Waals surface area contributed by atoms with Gasteiger partial charge in [-0.25, -0.2) is 4.98 Å². The van der Waals surface area contributed by atoms with Gasteiger partial charge in [0.15, 0.2) is 0 Å². The van der Waals surface area contributed by atoms with Gasteiger partial charge in [0.05, 0.1) is 11.9 Å². The summed E-state index contributed by atoms with van der Waals surface area (Å²) in [5.74, 6) is -0.0571. The molecule has 6 heteroatoms. The first kappa shape index (κ1) is 16.8. The Labute approximate surface area is 152 Å². The molecule has 4 rings (SSSR count). The fourth-order valence-electron chi connectivity index (χ4n) is 3.22. The number of carbonyl (C=O) groups is 1. The number of rotatable bonds is 6. The second-order valence-corrected chi connectivity index (χ2v) is 6.47. The SMILES string of the molecule is O=C(Nc1cccc(CNCc2cnc3ccccn23)c1)[C@@H]1CCCO1. The van der Waals surface area contributed by atoms with Crippen LogP contribution in [0.5, 0.6) is 0 Å². The zero-order valence-corrected chi connectivity index (χ0v) is 14.5. The molecule has 0 bridgehead atoms. The van der Waals surface area contributed by atoms with Crippen molar-refractivity contribution in [1.29, 1.82) is 0 Å². The molecule has 1 aromatic carbocycles. The lowest BCUT2D eigenvalue weighted by Gasteiger charge is -2.12. The molecule has 26 heavy (non-hydrogen) atoms. The van der Waals surface area contributed by atoms with Crippen molar-refractivity contribution >= 4 is 17.2 Å². The highest BCUT2D eigenvalue weighted by molar-refractivity contribution is 5.94. The number of hydrogen-bond donors (Lipinski definition) is 2. The summed E-state index contributed by atoms with van der Waals surface area (Å²) in [5, 5.41) is 6.38. The van der Waals surface area contributed by atoms with E-state index in [1.54, 1.807) is 0 Å². The first-order valence-electron chi connectivity index (χ1n) is 8.93. The molecule has 0 saturated carbocycles. The summed E-state index contributed by atoms with van der Waals surface area (Å²) in [6.07, 6.45) is 5.34. The van der Waals surface area contributed by atoms with Crippen LogP contribution in [0.25, 0.3) is 5.65 Å². The smallest absolute Gasteiger partial charge is 0.253 e. The van der Waals surface area contributed by atoms with Crippen molar-refractivity contribution in [1.82, 2.24) is 14.7 Å². The molecule has 1 amide bonds. The van der Waals surface area contributed by atoms with Gasteiger partial charge in [0.1, 0.15) is 11.8 Å². The van der Waals surface area contributed by atoms with Crippen molar-refractivity contribution in [3.63, 3.8) is 0 Å². The normalized spacial score (nSPS) is 16.8. The van der Waals surface area contributed by atoms with Gasteiger partial charge in [-0.3, -0.25) is 4.79 Å². The molecular weight excluding hydrogens is 328 g/mol. The Morgan fingerprint density at radius 1 is 1.23 bits per heavy atom. The third kappa shape index (κ3) is 3.76. The van der Waals surface area contributed by atoms with Crippen LogP contribution in [0.3, 0.4) is 0 Å². The molecule has 1 fully saturated rings. The highest BCUT2D eigenvalue weighted by atomic mass is 16.5. The standard InChI is InChI=1S/C20H22N4O2/c25-20(18-7-4-10-26-18)23-16-6-3-5-15(11-16)12-21-13-17-14-22-19-8-1-2-9-24(17)19/h1-3,5-6,8-9,11,14,18,21H,4,7,10,12-13H2,(H,23,25)/t18-/m0/s1. The maximum atomic E-state index is 12.2. The zero-order chi connectivity index (χ0) is 17.8. The van der Waals surface area contributed by atoms with Crippen LogP contribution in [-0.2, 0) is 22.6 Å². The van der Waals surface area contributed by atoms with Crippen LogP contribution >= 0.6 is 0 Å². The number of fused-ring (bicyclic) bond motifs is 1. The van der Waals surface area contributed by atoms with Crippen LogP contribution in [0.2, 0.25) is 0 Å². The molecule has 2 N–H and O–H groups in total. The minimum absolute atomic E-state index is 0.0571. The van der Waals surface area contributed by atoms with Crippen molar-refractivity contribution < 1.29 is 9.53 Å². The van der Waals surface area contributed by atoms with Gasteiger partial charge in [0.25, 0.3) is 5.91 Å². The van der Waals surface area contributed by atoms with Crippen LogP contribution < -0.4 is 10.6 Å². The zero-order valence-electron chi connectivity index (χ0n) is 14.5. The minimum atomic E-state index is -0.313. The van der Waals surface area contributed by atoms with Gasteiger partial charge in [0, 0.05) is 31.6 Å². The van der Waals surface area contributed by atoms with E-state index in [0.717, 1.165) is 42.0 Å². The molecule has 1 atom stereocenters. The van der Waals surface area contributed by atoms with E-state index < -0.39 is 0 Å². The van der Waals surface area contributed by atoms with E-state index in [2.05, 4.69) is 20.0 Å². The molecule has 1 aliphatic heterocycles. The predicted octanol–water partition coefficient (Wildman–Crippen LogP) is 2.74. The molecule has 0 spiro atoms. The number of amides is 1. The molecule has 6 nitrogen and oxygen atoms in total. The fourth-order valence-corrected chi connectivity index (χ4v) is 3.22. The van der Waals surface area contributed by atoms with E-state index in [-0.39, 0.29) is 12.0 Å². The number of hydrogen-bond acceptors (Lipinski definition) is 4. The fraction of sp³-hybridized carbons (Fsp3) is 0.300. The number of ether oxygens (including phenoxy) is 1. The number of anilines is 1. The quantitative estimate of drug-likeness (QED) is 0.717. The van der Waals surface area contributed by atoms with E-state index in [1.165, 1.54) is 0 Å². The maximum Gasteiger partial charge on any atom is 0.253 e. The average molecular weight is 350 g/mol.